The van der Waals surface area contributed by atoms with Gasteiger partial charge < -0.3 is 9.63 Å². The van der Waals surface area contributed by atoms with Gasteiger partial charge in [0.15, 0.2) is 11.5 Å². The Morgan fingerprint density at radius 3 is 2.94 bits per heavy atom. The van der Waals surface area contributed by atoms with E-state index in [0.29, 0.717) is 12.3 Å². The topological polar surface area (TPSA) is 66.6 Å². The van der Waals surface area contributed by atoms with Crippen molar-refractivity contribution in [3.05, 3.63) is 17.5 Å². The van der Waals surface area contributed by atoms with Gasteiger partial charge in [0.05, 0.1) is 6.54 Å². The first-order valence-corrected chi connectivity index (χ1v) is 5.43. The molecule has 1 aromatic heterocycles. The van der Waals surface area contributed by atoms with Gasteiger partial charge in [0.25, 0.3) is 0 Å². The monoisotopic (exact) mass is 224 g/mol. The maximum atomic E-state index is 10.6. The Bertz CT molecular complexity index is 398. The first kappa shape index (κ1) is 11.1. The van der Waals surface area contributed by atoms with Crippen LogP contribution in [0.1, 0.15) is 42.9 Å². The fourth-order valence-electron chi connectivity index (χ4n) is 2.13. The molecule has 0 atom stereocenters. The van der Waals surface area contributed by atoms with E-state index in [9.17, 15) is 4.79 Å². The molecule has 1 saturated heterocycles. The normalized spacial score (nSPS) is 20.1. The number of carbonyl (C=O) groups is 1. The zero-order valence-corrected chi connectivity index (χ0v) is 9.56. The van der Waals surface area contributed by atoms with Gasteiger partial charge in [0.2, 0.25) is 0 Å². The largest absolute Gasteiger partial charge is 0.476 e. The molecule has 1 aromatic rings. The van der Waals surface area contributed by atoms with E-state index in [1.54, 1.807) is 0 Å². The number of likely N-dealkylation sites (tertiary alicyclic amines) is 1. The van der Waals surface area contributed by atoms with Crippen LogP contribution in [-0.4, -0.2) is 33.2 Å². The highest BCUT2D eigenvalue weighted by Crippen LogP contribution is 2.29. The quantitative estimate of drug-likeness (QED) is 0.847. The lowest BCUT2D eigenvalue weighted by atomic mass is 10.0. The number of hydrogen-bond acceptors (Lipinski definition) is 4. The molecule has 0 unspecified atom stereocenters. The summed E-state index contributed by atoms with van der Waals surface area (Å²) >= 11 is 0. The maximum absolute atomic E-state index is 10.6. The summed E-state index contributed by atoms with van der Waals surface area (Å²) in [6.45, 7) is 6.03. The molecular formula is C11H16N2O3. The van der Waals surface area contributed by atoms with Gasteiger partial charge in [-0.1, -0.05) is 5.16 Å². The lowest BCUT2D eigenvalue weighted by Crippen LogP contribution is -2.37. The lowest BCUT2D eigenvalue weighted by Gasteiger charge is -2.30. The third kappa shape index (κ3) is 2.09. The average molecular weight is 224 g/mol. The zero-order chi connectivity index (χ0) is 11.8. The first-order valence-electron chi connectivity index (χ1n) is 5.43. The Hall–Kier alpha value is -1.36. The average Bonchev–Trinajstić information content (AvgIpc) is 2.75. The predicted molar refractivity (Wildman–Crippen MR) is 57.2 cm³/mol. The summed E-state index contributed by atoms with van der Waals surface area (Å²) in [7, 11) is 0. The molecular weight excluding hydrogens is 208 g/mol. The second-order valence-electron chi connectivity index (χ2n) is 4.82. The molecule has 1 fully saturated rings. The molecule has 1 aliphatic heterocycles. The van der Waals surface area contributed by atoms with E-state index in [2.05, 4.69) is 23.9 Å². The predicted octanol–water partition coefficient (Wildman–Crippen LogP) is 1.75. The Balaban J connectivity index is 2.06. The summed E-state index contributed by atoms with van der Waals surface area (Å²) < 4.78 is 5.01. The maximum Gasteiger partial charge on any atom is 0.358 e. The zero-order valence-electron chi connectivity index (χ0n) is 9.56. The van der Waals surface area contributed by atoms with E-state index in [1.807, 2.05) is 0 Å². The van der Waals surface area contributed by atoms with Crippen molar-refractivity contribution in [1.82, 2.24) is 10.1 Å². The fraction of sp³-hybridized carbons (Fsp3) is 0.636. The summed E-state index contributed by atoms with van der Waals surface area (Å²) in [5.74, 6) is -0.428. The molecule has 0 radical (unpaired) electrons. The van der Waals surface area contributed by atoms with Crippen molar-refractivity contribution in [2.45, 2.75) is 38.8 Å². The molecule has 0 spiro atoms. The smallest absolute Gasteiger partial charge is 0.358 e. The van der Waals surface area contributed by atoms with Gasteiger partial charge >= 0.3 is 5.97 Å². The number of aromatic carboxylic acids is 1. The van der Waals surface area contributed by atoms with Crippen LogP contribution in [0.15, 0.2) is 10.6 Å². The van der Waals surface area contributed by atoms with Crippen LogP contribution in [0.5, 0.6) is 0 Å². The van der Waals surface area contributed by atoms with Crippen molar-refractivity contribution >= 4 is 5.97 Å². The number of rotatable bonds is 3. The van der Waals surface area contributed by atoms with E-state index in [-0.39, 0.29) is 11.2 Å². The van der Waals surface area contributed by atoms with Crippen LogP contribution in [0.2, 0.25) is 0 Å². The standard InChI is InChI=1S/C11H16N2O3/c1-11(2)4-3-5-13(11)7-8-6-9(10(14)15)12-16-8/h6H,3-5,7H2,1-2H3,(H,14,15). The minimum absolute atomic E-state index is 0.0213. The second-order valence-corrected chi connectivity index (χ2v) is 4.82. The van der Waals surface area contributed by atoms with Crippen LogP contribution >= 0.6 is 0 Å². The minimum atomic E-state index is -1.05. The second kappa shape index (κ2) is 3.90. The summed E-state index contributed by atoms with van der Waals surface area (Å²) in [6, 6.07) is 1.50. The molecule has 0 amide bonds. The molecule has 2 heterocycles. The van der Waals surface area contributed by atoms with Gasteiger partial charge in [-0.05, 0) is 33.2 Å². The number of carboxylic acids is 1. The molecule has 2 rings (SSSR count). The molecule has 0 aromatic carbocycles. The van der Waals surface area contributed by atoms with Crippen molar-refractivity contribution in [3.63, 3.8) is 0 Å². The Morgan fingerprint density at radius 1 is 1.69 bits per heavy atom. The van der Waals surface area contributed by atoms with E-state index >= 15 is 0 Å². The van der Waals surface area contributed by atoms with Gasteiger partial charge in [-0.3, -0.25) is 4.90 Å². The molecule has 0 saturated carbocycles. The molecule has 5 nitrogen and oxygen atoms in total. The molecule has 0 aliphatic carbocycles. The van der Waals surface area contributed by atoms with Crippen LogP contribution in [0.25, 0.3) is 0 Å². The highest BCUT2D eigenvalue weighted by atomic mass is 16.5. The Labute approximate surface area is 94.0 Å². The Morgan fingerprint density at radius 2 is 2.44 bits per heavy atom. The van der Waals surface area contributed by atoms with E-state index in [1.165, 1.54) is 12.5 Å². The number of nitrogens with zero attached hydrogens (tertiary/aromatic N) is 2. The van der Waals surface area contributed by atoms with Gasteiger partial charge in [0, 0.05) is 11.6 Å². The van der Waals surface area contributed by atoms with Crippen LogP contribution in [0, 0.1) is 0 Å². The third-order valence-electron chi connectivity index (χ3n) is 3.20. The van der Waals surface area contributed by atoms with Crippen molar-refractivity contribution in [2.75, 3.05) is 6.54 Å². The van der Waals surface area contributed by atoms with Crippen molar-refractivity contribution in [2.24, 2.45) is 0 Å². The molecule has 1 aliphatic rings. The highest BCUT2D eigenvalue weighted by molar-refractivity contribution is 5.85. The third-order valence-corrected chi connectivity index (χ3v) is 3.20. The fourth-order valence-corrected chi connectivity index (χ4v) is 2.13. The molecule has 1 N–H and O–H groups in total. The number of hydrogen-bond donors (Lipinski definition) is 1. The number of aromatic nitrogens is 1. The lowest BCUT2D eigenvalue weighted by molar-refractivity contribution is 0.0685. The minimum Gasteiger partial charge on any atom is -0.476 e. The van der Waals surface area contributed by atoms with E-state index < -0.39 is 5.97 Å². The van der Waals surface area contributed by atoms with Crippen LogP contribution in [-0.2, 0) is 6.54 Å². The van der Waals surface area contributed by atoms with Crippen LogP contribution in [0.3, 0.4) is 0 Å². The first-order chi connectivity index (χ1) is 7.49. The molecule has 88 valence electrons. The van der Waals surface area contributed by atoms with Gasteiger partial charge in [0.1, 0.15) is 0 Å². The van der Waals surface area contributed by atoms with Crippen molar-refractivity contribution in [1.29, 1.82) is 0 Å². The summed E-state index contributed by atoms with van der Waals surface area (Å²) in [5.41, 5.74) is 0.142. The van der Waals surface area contributed by atoms with E-state index in [0.717, 1.165) is 13.0 Å². The molecule has 5 heteroatoms. The van der Waals surface area contributed by atoms with Crippen molar-refractivity contribution in [3.8, 4) is 0 Å². The summed E-state index contributed by atoms with van der Waals surface area (Å²) in [6.07, 6.45) is 2.33. The van der Waals surface area contributed by atoms with Crippen LogP contribution < -0.4 is 0 Å². The van der Waals surface area contributed by atoms with Crippen molar-refractivity contribution < 1.29 is 14.4 Å². The highest BCUT2D eigenvalue weighted by Gasteiger charge is 2.32. The van der Waals surface area contributed by atoms with Gasteiger partial charge in [-0.25, -0.2) is 4.79 Å². The SMILES string of the molecule is CC1(C)CCCN1Cc1cc(C(=O)O)no1. The molecule has 0 bridgehead atoms. The Kier molecular flexibility index (Phi) is 2.71. The van der Waals surface area contributed by atoms with Gasteiger partial charge in [-0.2, -0.15) is 0 Å². The van der Waals surface area contributed by atoms with Crippen LogP contribution in [0.4, 0.5) is 0 Å². The van der Waals surface area contributed by atoms with Gasteiger partial charge in [-0.15, -0.1) is 0 Å². The molecule has 16 heavy (non-hydrogen) atoms. The summed E-state index contributed by atoms with van der Waals surface area (Å²) in [5, 5.41) is 12.2. The number of carboxylic acid groups (broad SMARTS) is 1. The van der Waals surface area contributed by atoms with E-state index in [4.69, 9.17) is 9.63 Å². The summed E-state index contributed by atoms with van der Waals surface area (Å²) in [4.78, 5) is 12.9.